The predicted molar refractivity (Wildman–Crippen MR) is 112 cm³/mol. The lowest BCUT2D eigenvalue weighted by Gasteiger charge is -2.29. The van der Waals surface area contributed by atoms with Crippen LogP contribution in [-0.2, 0) is 16.4 Å². The van der Waals surface area contributed by atoms with Crippen LogP contribution in [0.5, 0.6) is 0 Å². The Labute approximate surface area is 169 Å². The number of sulfone groups is 1. The molecule has 0 aromatic heterocycles. The van der Waals surface area contributed by atoms with E-state index in [1.165, 1.54) is 0 Å². The Morgan fingerprint density at radius 1 is 1.00 bits per heavy atom. The molecule has 3 aromatic rings. The van der Waals surface area contributed by atoms with E-state index in [0.717, 1.165) is 16.3 Å². The van der Waals surface area contributed by atoms with Crippen molar-refractivity contribution < 1.29 is 13.2 Å². The van der Waals surface area contributed by atoms with Gasteiger partial charge in [0.25, 0.3) is 5.91 Å². The second-order valence-electron chi connectivity index (χ2n) is 7.14. The van der Waals surface area contributed by atoms with Crippen LogP contribution in [0.1, 0.15) is 22.3 Å². The molecular weight excluding hydrogens is 394 g/mol. The van der Waals surface area contributed by atoms with Gasteiger partial charge in [-0.15, -0.1) is 0 Å². The molecule has 4 nitrogen and oxygen atoms in total. The summed E-state index contributed by atoms with van der Waals surface area (Å²) in [4.78, 5) is 15.0. The molecule has 1 fully saturated rings. The molecule has 0 saturated carbocycles. The molecule has 0 N–H and O–H groups in total. The van der Waals surface area contributed by atoms with Gasteiger partial charge < -0.3 is 4.90 Å². The van der Waals surface area contributed by atoms with E-state index >= 15 is 0 Å². The number of nitrogens with zero attached hydrogens (tertiary/aromatic N) is 1. The highest BCUT2D eigenvalue weighted by Crippen LogP contribution is 2.26. The summed E-state index contributed by atoms with van der Waals surface area (Å²) in [6, 6.07) is 20.4. The predicted octanol–water partition coefficient (Wildman–Crippen LogP) is 4.32. The number of carbonyl (C=O) groups excluding carboxylic acids is 1. The quantitative estimate of drug-likeness (QED) is 0.640. The average molecular weight is 414 g/mol. The molecule has 1 aliphatic rings. The summed E-state index contributed by atoms with van der Waals surface area (Å²) < 4.78 is 24.1. The smallest absolute Gasteiger partial charge is 0.254 e. The maximum Gasteiger partial charge on any atom is 0.254 e. The molecule has 3 aromatic carbocycles. The maximum atomic E-state index is 13.3. The highest BCUT2D eigenvalue weighted by Gasteiger charge is 2.35. The Morgan fingerprint density at radius 3 is 2.43 bits per heavy atom. The SMILES string of the molecule is O=C(c1ccc(Cl)cc1)N(Cc1cccc2ccccc12)[C@@H]1CCS(=O)(=O)C1. The van der Waals surface area contributed by atoms with Crippen LogP contribution in [0.4, 0.5) is 0 Å². The summed E-state index contributed by atoms with van der Waals surface area (Å²) in [5, 5.41) is 2.72. The van der Waals surface area contributed by atoms with Gasteiger partial charge in [0.15, 0.2) is 9.84 Å². The fraction of sp³-hybridized carbons (Fsp3) is 0.227. The largest absolute Gasteiger partial charge is 0.330 e. The third kappa shape index (κ3) is 3.91. The molecule has 4 rings (SSSR count). The minimum Gasteiger partial charge on any atom is -0.330 e. The molecule has 1 aliphatic heterocycles. The number of hydrogen-bond donors (Lipinski definition) is 0. The summed E-state index contributed by atoms with van der Waals surface area (Å²) in [5.41, 5.74) is 1.51. The normalized spacial score (nSPS) is 18.2. The number of rotatable bonds is 4. The highest BCUT2D eigenvalue weighted by molar-refractivity contribution is 7.91. The van der Waals surface area contributed by atoms with E-state index < -0.39 is 9.84 Å². The van der Waals surface area contributed by atoms with Crippen LogP contribution >= 0.6 is 11.6 Å². The van der Waals surface area contributed by atoms with Crippen LogP contribution in [0, 0.1) is 0 Å². The molecule has 6 heteroatoms. The molecule has 0 unspecified atom stereocenters. The fourth-order valence-electron chi connectivity index (χ4n) is 3.76. The highest BCUT2D eigenvalue weighted by atomic mass is 35.5. The van der Waals surface area contributed by atoms with Crippen LogP contribution in [0.15, 0.2) is 66.7 Å². The van der Waals surface area contributed by atoms with E-state index in [1.54, 1.807) is 29.2 Å². The molecule has 144 valence electrons. The lowest BCUT2D eigenvalue weighted by Crippen LogP contribution is -2.40. The van der Waals surface area contributed by atoms with Gasteiger partial charge >= 0.3 is 0 Å². The third-order valence-corrected chi connectivity index (χ3v) is 7.22. The molecule has 0 radical (unpaired) electrons. The van der Waals surface area contributed by atoms with Gasteiger partial charge in [0.2, 0.25) is 0 Å². The first-order valence-electron chi connectivity index (χ1n) is 9.16. The number of hydrogen-bond acceptors (Lipinski definition) is 3. The first-order valence-corrected chi connectivity index (χ1v) is 11.4. The van der Waals surface area contributed by atoms with Gasteiger partial charge in [-0.05, 0) is 47.0 Å². The zero-order valence-electron chi connectivity index (χ0n) is 15.2. The van der Waals surface area contributed by atoms with Crippen molar-refractivity contribution >= 4 is 38.1 Å². The Hall–Kier alpha value is -2.37. The van der Waals surface area contributed by atoms with E-state index in [1.807, 2.05) is 42.5 Å². The lowest BCUT2D eigenvalue weighted by molar-refractivity contribution is 0.0682. The third-order valence-electron chi connectivity index (χ3n) is 5.22. The van der Waals surface area contributed by atoms with Gasteiger partial charge in [0.1, 0.15) is 0 Å². The number of carbonyl (C=O) groups is 1. The van der Waals surface area contributed by atoms with Crippen LogP contribution in [0.3, 0.4) is 0 Å². The van der Waals surface area contributed by atoms with Crippen molar-refractivity contribution in [2.45, 2.75) is 19.0 Å². The number of fused-ring (bicyclic) bond motifs is 1. The Kier molecular flexibility index (Phi) is 5.13. The number of amides is 1. The summed E-state index contributed by atoms with van der Waals surface area (Å²) in [6.45, 7) is 0.364. The topological polar surface area (TPSA) is 54.5 Å². The van der Waals surface area contributed by atoms with Gasteiger partial charge in [-0.3, -0.25) is 4.79 Å². The molecule has 1 saturated heterocycles. The molecule has 1 amide bonds. The van der Waals surface area contributed by atoms with Crippen molar-refractivity contribution in [2.75, 3.05) is 11.5 Å². The Balaban J connectivity index is 1.72. The van der Waals surface area contributed by atoms with E-state index in [-0.39, 0.29) is 23.5 Å². The molecule has 28 heavy (non-hydrogen) atoms. The van der Waals surface area contributed by atoms with Crippen LogP contribution < -0.4 is 0 Å². The van der Waals surface area contributed by atoms with Crippen molar-refractivity contribution in [3.63, 3.8) is 0 Å². The standard InChI is InChI=1S/C22H20ClNO3S/c23-19-10-8-17(9-11-19)22(25)24(20-12-13-28(26,27)15-20)14-18-6-3-5-16-4-1-2-7-21(16)18/h1-11,20H,12-15H2/t20-/m1/s1. The summed E-state index contributed by atoms with van der Waals surface area (Å²) >= 11 is 5.95. The second kappa shape index (κ2) is 7.57. The van der Waals surface area contributed by atoms with Gasteiger partial charge in [0, 0.05) is 23.2 Å². The van der Waals surface area contributed by atoms with Crippen molar-refractivity contribution in [3.05, 3.63) is 82.9 Å². The molecule has 1 heterocycles. The first kappa shape index (κ1) is 19.0. The first-order chi connectivity index (χ1) is 13.4. The van der Waals surface area contributed by atoms with Crippen molar-refractivity contribution in [2.24, 2.45) is 0 Å². The van der Waals surface area contributed by atoms with E-state index in [9.17, 15) is 13.2 Å². The minimum atomic E-state index is -3.11. The van der Waals surface area contributed by atoms with Gasteiger partial charge in [-0.25, -0.2) is 8.42 Å². The van der Waals surface area contributed by atoms with E-state index in [2.05, 4.69) is 0 Å². The zero-order chi connectivity index (χ0) is 19.7. The Morgan fingerprint density at radius 2 is 1.71 bits per heavy atom. The summed E-state index contributed by atoms with van der Waals surface area (Å²) in [5.74, 6) is -0.0407. The lowest BCUT2D eigenvalue weighted by atomic mass is 10.0. The van der Waals surface area contributed by atoms with Crippen LogP contribution in [0.2, 0.25) is 5.02 Å². The Bertz CT molecular complexity index is 1120. The van der Waals surface area contributed by atoms with Crippen molar-refractivity contribution in [1.82, 2.24) is 4.90 Å². The summed E-state index contributed by atoms with van der Waals surface area (Å²) in [7, 11) is -3.11. The molecular formula is C22H20ClNO3S. The van der Waals surface area contributed by atoms with Crippen molar-refractivity contribution in [1.29, 1.82) is 0 Å². The second-order valence-corrected chi connectivity index (χ2v) is 9.80. The van der Waals surface area contributed by atoms with E-state index in [4.69, 9.17) is 11.6 Å². The van der Waals surface area contributed by atoms with Crippen LogP contribution in [-0.4, -0.2) is 36.8 Å². The minimum absolute atomic E-state index is 0.0110. The van der Waals surface area contributed by atoms with E-state index in [0.29, 0.717) is 23.6 Å². The molecule has 0 bridgehead atoms. The summed E-state index contributed by atoms with van der Waals surface area (Å²) in [6.07, 6.45) is 0.465. The van der Waals surface area contributed by atoms with Gasteiger partial charge in [-0.1, -0.05) is 54.1 Å². The zero-order valence-corrected chi connectivity index (χ0v) is 16.8. The maximum absolute atomic E-state index is 13.3. The van der Waals surface area contributed by atoms with Gasteiger partial charge in [0.05, 0.1) is 11.5 Å². The van der Waals surface area contributed by atoms with Crippen molar-refractivity contribution in [3.8, 4) is 0 Å². The molecule has 0 aliphatic carbocycles. The van der Waals surface area contributed by atoms with Crippen LogP contribution in [0.25, 0.3) is 10.8 Å². The number of benzene rings is 3. The number of halogens is 1. The average Bonchev–Trinajstić information content (AvgIpc) is 3.05. The fourth-order valence-corrected chi connectivity index (χ4v) is 5.62. The molecule has 1 atom stereocenters. The molecule has 0 spiro atoms. The monoisotopic (exact) mass is 413 g/mol. The van der Waals surface area contributed by atoms with Gasteiger partial charge in [-0.2, -0.15) is 0 Å².